The minimum absolute atomic E-state index is 0.285. The number of rotatable bonds is 4. The van der Waals surface area contributed by atoms with E-state index in [1.165, 1.54) is 17.7 Å². The molecule has 1 fully saturated rings. The van der Waals surface area contributed by atoms with Crippen LogP contribution in [0.4, 0.5) is 0 Å². The highest BCUT2D eigenvalue weighted by Crippen LogP contribution is 2.35. The first-order valence-corrected chi connectivity index (χ1v) is 9.38. The summed E-state index contributed by atoms with van der Waals surface area (Å²) in [6.07, 6.45) is 3.15. The Balaban J connectivity index is 1.99. The van der Waals surface area contributed by atoms with Crippen LogP contribution in [-0.4, -0.2) is 18.2 Å². The van der Waals surface area contributed by atoms with Crippen LogP contribution in [-0.2, 0) is 13.0 Å². The van der Waals surface area contributed by atoms with E-state index in [9.17, 15) is 9.90 Å². The molecule has 0 aliphatic carbocycles. The van der Waals surface area contributed by atoms with Gasteiger partial charge in [-0.25, -0.2) is 4.79 Å². The maximum atomic E-state index is 12.3. The van der Waals surface area contributed by atoms with Crippen molar-refractivity contribution in [3.8, 4) is 16.9 Å². The van der Waals surface area contributed by atoms with Crippen molar-refractivity contribution >= 4 is 11.0 Å². The van der Waals surface area contributed by atoms with E-state index in [-0.39, 0.29) is 11.4 Å². The van der Waals surface area contributed by atoms with Crippen LogP contribution in [0.15, 0.2) is 51.7 Å². The maximum absolute atomic E-state index is 12.3. The van der Waals surface area contributed by atoms with Gasteiger partial charge in [0.2, 0.25) is 0 Å². The molecule has 2 N–H and O–H groups in total. The van der Waals surface area contributed by atoms with Gasteiger partial charge in [0.25, 0.3) is 0 Å². The molecular formula is C22H24NO3+. The van der Waals surface area contributed by atoms with Gasteiger partial charge < -0.3 is 14.4 Å². The zero-order valence-electron chi connectivity index (χ0n) is 15.0. The van der Waals surface area contributed by atoms with Crippen LogP contribution in [0, 0.1) is 0 Å². The number of phenolic OH excluding ortho intramolecular Hbond substituents is 1. The molecule has 1 aliphatic rings. The Kier molecular flexibility index (Phi) is 4.51. The quantitative estimate of drug-likeness (QED) is 0.712. The number of phenols is 1. The van der Waals surface area contributed by atoms with Crippen molar-refractivity contribution in [2.75, 3.05) is 13.1 Å². The molecule has 1 aromatic heterocycles. The zero-order valence-corrected chi connectivity index (χ0v) is 15.0. The second kappa shape index (κ2) is 6.96. The average molecular weight is 350 g/mol. The number of likely N-dealkylation sites (tertiary alicyclic amines) is 1. The van der Waals surface area contributed by atoms with Crippen molar-refractivity contribution in [2.45, 2.75) is 32.7 Å². The maximum Gasteiger partial charge on any atom is 0.336 e. The minimum Gasteiger partial charge on any atom is -0.507 e. The van der Waals surface area contributed by atoms with Crippen molar-refractivity contribution < 1.29 is 14.4 Å². The number of aromatic hydroxyl groups is 1. The largest absolute Gasteiger partial charge is 0.507 e. The number of nitrogens with one attached hydrogen (secondary N) is 1. The van der Waals surface area contributed by atoms with E-state index in [1.807, 2.05) is 43.3 Å². The molecule has 0 unspecified atom stereocenters. The number of hydrogen-bond acceptors (Lipinski definition) is 3. The van der Waals surface area contributed by atoms with Crippen molar-refractivity contribution in [3.63, 3.8) is 0 Å². The second-order valence-corrected chi connectivity index (χ2v) is 7.07. The first-order valence-electron chi connectivity index (χ1n) is 9.38. The Morgan fingerprint density at radius 2 is 1.85 bits per heavy atom. The average Bonchev–Trinajstić information content (AvgIpc) is 3.17. The van der Waals surface area contributed by atoms with Gasteiger partial charge in [0, 0.05) is 24.3 Å². The predicted octanol–water partition coefficient (Wildman–Crippen LogP) is 2.91. The molecule has 0 bridgehead atoms. The molecular weight excluding hydrogens is 326 g/mol. The summed E-state index contributed by atoms with van der Waals surface area (Å²) in [5.74, 6) is 0.285. The third-order valence-corrected chi connectivity index (χ3v) is 5.39. The standard InChI is InChI=1S/C22H23NO3/c1-2-15-12-18-17(16-8-4-3-5-9-16)13-20(24)26-22(18)19(21(15)25)14-23-10-6-7-11-23/h3-5,8-9,12-13,25H,2,6-7,10-11,14H2,1H3/p+1. The van der Waals surface area contributed by atoms with Crippen molar-refractivity contribution in [1.29, 1.82) is 0 Å². The molecule has 0 radical (unpaired) electrons. The van der Waals surface area contributed by atoms with Crippen molar-refractivity contribution in [3.05, 3.63) is 64.0 Å². The Morgan fingerprint density at radius 1 is 1.12 bits per heavy atom. The summed E-state index contributed by atoms with van der Waals surface area (Å²) in [6.45, 7) is 4.92. The third kappa shape index (κ3) is 3.01. The van der Waals surface area contributed by atoms with E-state index in [2.05, 4.69) is 0 Å². The van der Waals surface area contributed by atoms with Crippen LogP contribution in [0.25, 0.3) is 22.1 Å². The molecule has 26 heavy (non-hydrogen) atoms. The Bertz CT molecular complexity index is 986. The summed E-state index contributed by atoms with van der Waals surface area (Å²) >= 11 is 0. The van der Waals surface area contributed by atoms with Gasteiger partial charge in [-0.3, -0.25) is 0 Å². The van der Waals surface area contributed by atoms with Crippen LogP contribution in [0.3, 0.4) is 0 Å². The highest BCUT2D eigenvalue weighted by molar-refractivity contribution is 5.96. The van der Waals surface area contributed by atoms with Crippen molar-refractivity contribution in [2.24, 2.45) is 0 Å². The molecule has 2 heterocycles. The number of aryl methyl sites for hydroxylation is 1. The summed E-state index contributed by atoms with van der Waals surface area (Å²) in [5.41, 5.74) is 3.67. The minimum atomic E-state index is -0.377. The summed E-state index contributed by atoms with van der Waals surface area (Å²) < 4.78 is 5.62. The fourth-order valence-corrected chi connectivity index (χ4v) is 4.01. The van der Waals surface area contributed by atoms with E-state index < -0.39 is 0 Å². The first kappa shape index (κ1) is 16.9. The lowest BCUT2D eigenvalue weighted by atomic mass is 9.96. The van der Waals surface area contributed by atoms with Gasteiger partial charge >= 0.3 is 5.63 Å². The smallest absolute Gasteiger partial charge is 0.336 e. The van der Waals surface area contributed by atoms with Crippen molar-refractivity contribution in [1.82, 2.24) is 0 Å². The number of hydrogen-bond donors (Lipinski definition) is 2. The lowest BCUT2D eigenvalue weighted by Crippen LogP contribution is -3.08. The molecule has 4 rings (SSSR count). The monoisotopic (exact) mass is 350 g/mol. The molecule has 0 amide bonds. The van der Waals surface area contributed by atoms with Crippen LogP contribution in [0.5, 0.6) is 5.75 Å². The lowest BCUT2D eigenvalue weighted by Gasteiger charge is -2.17. The Labute approximate surface area is 152 Å². The SMILES string of the molecule is CCc1cc2c(-c3ccccc3)cc(=O)oc2c(C[NH+]2CCCC2)c1O. The molecule has 1 saturated heterocycles. The van der Waals surface area contributed by atoms with E-state index >= 15 is 0 Å². The highest BCUT2D eigenvalue weighted by atomic mass is 16.4. The number of benzene rings is 2. The Morgan fingerprint density at radius 3 is 2.54 bits per heavy atom. The third-order valence-electron chi connectivity index (χ3n) is 5.39. The second-order valence-electron chi connectivity index (χ2n) is 7.07. The van der Waals surface area contributed by atoms with Crippen LogP contribution >= 0.6 is 0 Å². The predicted molar refractivity (Wildman–Crippen MR) is 103 cm³/mol. The number of fused-ring (bicyclic) bond motifs is 1. The summed E-state index contributed by atoms with van der Waals surface area (Å²) in [4.78, 5) is 13.7. The zero-order chi connectivity index (χ0) is 18.1. The lowest BCUT2D eigenvalue weighted by molar-refractivity contribution is -0.901. The fourth-order valence-electron chi connectivity index (χ4n) is 4.01. The molecule has 4 heteroatoms. The molecule has 2 aromatic carbocycles. The van der Waals surface area contributed by atoms with Gasteiger partial charge in [-0.05, 0) is 29.2 Å². The normalized spacial score (nSPS) is 15.0. The van der Waals surface area contributed by atoms with Gasteiger partial charge in [0.1, 0.15) is 12.3 Å². The highest BCUT2D eigenvalue weighted by Gasteiger charge is 2.23. The first-order chi connectivity index (χ1) is 12.7. The van der Waals surface area contributed by atoms with Gasteiger partial charge in [-0.1, -0.05) is 37.3 Å². The molecule has 1 aliphatic heterocycles. The number of quaternary nitrogens is 1. The van der Waals surface area contributed by atoms with Gasteiger partial charge in [0.05, 0.1) is 18.7 Å². The van der Waals surface area contributed by atoms with Gasteiger partial charge in [-0.15, -0.1) is 0 Å². The van der Waals surface area contributed by atoms with E-state index in [0.29, 0.717) is 12.1 Å². The van der Waals surface area contributed by atoms with Crippen LogP contribution in [0.2, 0.25) is 0 Å². The summed E-state index contributed by atoms with van der Waals surface area (Å²) in [6, 6.07) is 13.4. The molecule has 0 saturated carbocycles. The van der Waals surface area contributed by atoms with Crippen LogP contribution in [0.1, 0.15) is 30.9 Å². The molecule has 0 atom stereocenters. The van der Waals surface area contributed by atoms with E-state index in [0.717, 1.165) is 47.2 Å². The summed E-state index contributed by atoms with van der Waals surface area (Å²) in [5, 5.41) is 11.7. The molecule has 134 valence electrons. The summed E-state index contributed by atoms with van der Waals surface area (Å²) in [7, 11) is 0. The van der Waals surface area contributed by atoms with E-state index in [1.54, 1.807) is 6.07 Å². The van der Waals surface area contributed by atoms with Crippen LogP contribution < -0.4 is 10.5 Å². The van der Waals surface area contributed by atoms with E-state index in [4.69, 9.17) is 4.42 Å². The van der Waals surface area contributed by atoms with Gasteiger partial charge in [0.15, 0.2) is 5.58 Å². The molecule has 4 nitrogen and oxygen atoms in total. The topological polar surface area (TPSA) is 54.9 Å². The fraction of sp³-hybridized carbons (Fsp3) is 0.318. The molecule has 0 spiro atoms. The van der Waals surface area contributed by atoms with Gasteiger partial charge in [-0.2, -0.15) is 0 Å². The molecule has 3 aromatic rings. The Hall–Kier alpha value is -2.59.